The maximum Gasteiger partial charge on any atom is 0.340 e. The number of carbonyl (C=O) groups is 2. The molecular formula is C23H22N4O5S2. The van der Waals surface area contributed by atoms with Gasteiger partial charge in [0.1, 0.15) is 5.69 Å². The van der Waals surface area contributed by atoms with Gasteiger partial charge in [-0.2, -0.15) is 0 Å². The van der Waals surface area contributed by atoms with Crippen molar-refractivity contribution in [3.05, 3.63) is 69.6 Å². The predicted molar refractivity (Wildman–Crippen MR) is 125 cm³/mol. The number of hydrogen-bond acceptors (Lipinski definition) is 8. The lowest BCUT2D eigenvalue weighted by Crippen LogP contribution is -2.36. The molecule has 9 nitrogen and oxygen atoms in total. The molecule has 11 heteroatoms. The number of sulfonamides is 1. The van der Waals surface area contributed by atoms with Crippen molar-refractivity contribution in [1.29, 1.82) is 0 Å². The Bertz CT molecular complexity index is 1390. The van der Waals surface area contributed by atoms with Gasteiger partial charge in [0.05, 0.1) is 25.4 Å². The first kappa shape index (κ1) is 22.5. The molecule has 0 radical (unpaired) electrons. The third kappa shape index (κ3) is 4.05. The van der Waals surface area contributed by atoms with Crippen LogP contribution in [-0.2, 0) is 40.6 Å². The van der Waals surface area contributed by atoms with Crippen molar-refractivity contribution in [3.8, 4) is 0 Å². The lowest BCUT2D eigenvalue weighted by molar-refractivity contribution is 0.0595. The monoisotopic (exact) mass is 498 g/mol. The fourth-order valence-electron chi connectivity index (χ4n) is 4.46. The molecule has 3 heterocycles. The van der Waals surface area contributed by atoms with E-state index in [1.165, 1.54) is 31.3 Å². The summed E-state index contributed by atoms with van der Waals surface area (Å²) in [5.74, 6) is -1.01. The summed E-state index contributed by atoms with van der Waals surface area (Å²) in [6.45, 7) is 0.495. The first-order valence-corrected chi connectivity index (χ1v) is 13.1. The van der Waals surface area contributed by atoms with E-state index in [9.17, 15) is 18.0 Å². The van der Waals surface area contributed by atoms with E-state index >= 15 is 0 Å². The summed E-state index contributed by atoms with van der Waals surface area (Å²) in [5.41, 5.74) is 3.69. The molecule has 1 aliphatic heterocycles. The van der Waals surface area contributed by atoms with E-state index in [1.54, 1.807) is 11.0 Å². The normalized spacial score (nSPS) is 14.9. The number of nitrogens with one attached hydrogen (secondary N) is 1. The van der Waals surface area contributed by atoms with Gasteiger partial charge in [0, 0.05) is 29.5 Å². The highest BCUT2D eigenvalue weighted by Crippen LogP contribution is 2.38. The Morgan fingerprint density at radius 2 is 1.97 bits per heavy atom. The number of carbonyl (C=O) groups excluding carboxylic acids is 2. The third-order valence-electron chi connectivity index (χ3n) is 6.08. The van der Waals surface area contributed by atoms with Crippen LogP contribution in [-0.4, -0.2) is 48.8 Å². The zero-order valence-corrected chi connectivity index (χ0v) is 20.0. The summed E-state index contributed by atoms with van der Waals surface area (Å²) < 4.78 is 34.2. The van der Waals surface area contributed by atoms with Crippen LogP contribution >= 0.6 is 11.3 Å². The number of fused-ring (bicyclic) bond motifs is 2. The maximum absolute atomic E-state index is 13.4. The van der Waals surface area contributed by atoms with Gasteiger partial charge in [-0.15, -0.1) is 11.3 Å². The number of benzene rings is 1. The Balaban J connectivity index is 1.48. The molecular weight excluding hydrogens is 476 g/mol. The number of ether oxygens (including phenoxy) is 1. The van der Waals surface area contributed by atoms with Crippen LogP contribution in [0.5, 0.6) is 0 Å². The lowest BCUT2D eigenvalue weighted by Gasteiger charge is -2.26. The number of thiophene rings is 1. The molecule has 1 aliphatic carbocycles. The zero-order chi connectivity index (χ0) is 23.9. The molecule has 176 valence electrons. The zero-order valence-electron chi connectivity index (χ0n) is 18.4. The molecule has 0 spiro atoms. The number of methoxy groups -OCH3 is 1. The Hall–Kier alpha value is -3.31. The maximum atomic E-state index is 13.4. The summed E-state index contributed by atoms with van der Waals surface area (Å²) in [7, 11) is -2.83. The fourth-order valence-corrected chi connectivity index (χ4v) is 7.41. The summed E-state index contributed by atoms with van der Waals surface area (Å²) in [6, 6.07) is 5.54. The van der Waals surface area contributed by atoms with Crippen molar-refractivity contribution in [2.45, 2.75) is 36.4 Å². The molecule has 0 atom stereocenters. The van der Waals surface area contributed by atoms with Crippen molar-refractivity contribution in [2.24, 2.45) is 0 Å². The van der Waals surface area contributed by atoms with Crippen LogP contribution in [0.25, 0.3) is 0 Å². The van der Waals surface area contributed by atoms with E-state index in [0.29, 0.717) is 29.1 Å². The number of anilines is 1. The Morgan fingerprint density at radius 1 is 1.15 bits per heavy atom. The van der Waals surface area contributed by atoms with Gasteiger partial charge < -0.3 is 9.64 Å². The second-order valence-corrected chi connectivity index (χ2v) is 11.2. The molecule has 34 heavy (non-hydrogen) atoms. The molecule has 0 saturated carbocycles. The predicted octanol–water partition coefficient (Wildman–Crippen LogP) is 2.81. The SMILES string of the molecule is COC(=O)c1c(S(=O)(=O)Nc2ccc3c(c2)CCC3)sc2c1CCN(C(=O)c1cnccn1)C2. The number of hydrogen-bond donors (Lipinski definition) is 1. The highest BCUT2D eigenvalue weighted by atomic mass is 32.2. The Kier molecular flexibility index (Phi) is 5.82. The molecule has 3 aromatic rings. The van der Waals surface area contributed by atoms with Gasteiger partial charge in [0.15, 0.2) is 4.21 Å². The molecule has 0 unspecified atom stereocenters. The van der Waals surface area contributed by atoms with Gasteiger partial charge in [0.25, 0.3) is 15.9 Å². The third-order valence-corrected chi connectivity index (χ3v) is 9.19. The van der Waals surface area contributed by atoms with Gasteiger partial charge in [0.2, 0.25) is 0 Å². The number of rotatable bonds is 5. The smallest absolute Gasteiger partial charge is 0.340 e. The molecule has 0 bridgehead atoms. The molecule has 1 amide bonds. The number of esters is 1. The summed E-state index contributed by atoms with van der Waals surface area (Å²) >= 11 is 0.992. The number of nitrogens with zero attached hydrogens (tertiary/aromatic N) is 3. The average molecular weight is 499 g/mol. The van der Waals surface area contributed by atoms with Crippen molar-refractivity contribution >= 4 is 38.9 Å². The minimum absolute atomic E-state index is 0.0442. The molecule has 2 aromatic heterocycles. The molecule has 0 fully saturated rings. The first-order chi connectivity index (χ1) is 16.4. The number of amides is 1. The van der Waals surface area contributed by atoms with Gasteiger partial charge >= 0.3 is 5.97 Å². The second kappa shape index (κ2) is 8.80. The topological polar surface area (TPSA) is 119 Å². The van der Waals surface area contributed by atoms with Crippen LogP contribution in [0.2, 0.25) is 0 Å². The first-order valence-electron chi connectivity index (χ1n) is 10.8. The van der Waals surface area contributed by atoms with E-state index in [0.717, 1.165) is 36.2 Å². The largest absolute Gasteiger partial charge is 0.465 e. The standard InChI is InChI=1S/C23H22N4O5S2/c1-32-22(29)20-17-7-10-27(21(28)18-12-24-8-9-25-18)13-19(17)33-23(20)34(30,31)26-16-6-5-14-3-2-4-15(14)11-16/h5-6,8-9,11-12,26H,2-4,7,10,13H2,1H3. The summed E-state index contributed by atoms with van der Waals surface area (Å²) in [4.78, 5) is 35.7. The van der Waals surface area contributed by atoms with Crippen molar-refractivity contribution in [3.63, 3.8) is 0 Å². The van der Waals surface area contributed by atoms with Gasteiger partial charge in [-0.05, 0) is 54.5 Å². The molecule has 0 saturated heterocycles. The van der Waals surface area contributed by atoms with Crippen molar-refractivity contribution in [2.75, 3.05) is 18.4 Å². The van der Waals surface area contributed by atoms with Crippen molar-refractivity contribution < 1.29 is 22.7 Å². The van der Waals surface area contributed by atoms with Crippen LogP contribution < -0.4 is 4.72 Å². The highest BCUT2D eigenvalue weighted by molar-refractivity contribution is 7.94. The number of aromatic nitrogens is 2. The molecule has 1 N–H and O–H groups in total. The molecule has 2 aliphatic rings. The van der Waals surface area contributed by atoms with Crippen LogP contribution in [0.3, 0.4) is 0 Å². The Morgan fingerprint density at radius 3 is 2.74 bits per heavy atom. The van der Waals surface area contributed by atoms with Gasteiger partial charge in [-0.3, -0.25) is 14.5 Å². The van der Waals surface area contributed by atoms with E-state index < -0.39 is 16.0 Å². The minimum atomic E-state index is -4.06. The Labute approximate surface area is 200 Å². The van der Waals surface area contributed by atoms with Crippen LogP contribution in [0, 0.1) is 0 Å². The summed E-state index contributed by atoms with van der Waals surface area (Å²) in [6.07, 6.45) is 7.62. The van der Waals surface area contributed by atoms with Crippen LogP contribution in [0.15, 0.2) is 41.0 Å². The fraction of sp³-hybridized carbons (Fsp3) is 0.304. The minimum Gasteiger partial charge on any atom is -0.465 e. The average Bonchev–Trinajstić information content (AvgIpc) is 3.47. The molecule has 5 rings (SSSR count). The lowest BCUT2D eigenvalue weighted by atomic mass is 10.0. The quantitative estimate of drug-likeness (QED) is 0.537. The van der Waals surface area contributed by atoms with Gasteiger partial charge in [-0.25, -0.2) is 18.2 Å². The van der Waals surface area contributed by atoms with Crippen LogP contribution in [0.1, 0.15) is 48.8 Å². The van der Waals surface area contributed by atoms with E-state index in [1.807, 2.05) is 12.1 Å². The molecule has 1 aromatic carbocycles. The second-order valence-electron chi connectivity index (χ2n) is 8.17. The van der Waals surface area contributed by atoms with Crippen LogP contribution in [0.4, 0.5) is 5.69 Å². The van der Waals surface area contributed by atoms with E-state index in [2.05, 4.69) is 14.7 Å². The van der Waals surface area contributed by atoms with E-state index in [-0.39, 0.29) is 27.9 Å². The number of aryl methyl sites for hydroxylation is 2. The van der Waals surface area contributed by atoms with Crippen molar-refractivity contribution in [1.82, 2.24) is 14.9 Å². The van der Waals surface area contributed by atoms with E-state index in [4.69, 9.17) is 4.74 Å². The summed E-state index contributed by atoms with van der Waals surface area (Å²) in [5, 5.41) is 0. The van der Waals surface area contributed by atoms with Gasteiger partial charge in [-0.1, -0.05) is 6.07 Å². The highest BCUT2D eigenvalue weighted by Gasteiger charge is 2.35.